The van der Waals surface area contributed by atoms with Gasteiger partial charge in [-0.15, -0.1) is 0 Å². The molecule has 5 heteroatoms. The number of carbonyl (C=O) groups is 2. The highest BCUT2D eigenvalue weighted by Gasteiger charge is 2.10. The molecule has 0 spiro atoms. The van der Waals surface area contributed by atoms with Crippen molar-refractivity contribution in [3.05, 3.63) is 0 Å². The van der Waals surface area contributed by atoms with Crippen molar-refractivity contribution >= 4 is 11.8 Å². The van der Waals surface area contributed by atoms with Gasteiger partial charge in [0.1, 0.15) is 0 Å². The molecule has 1 atom stereocenters. The highest BCUT2D eigenvalue weighted by atomic mass is 16.2. The lowest BCUT2D eigenvalue weighted by molar-refractivity contribution is -0.123. The Morgan fingerprint density at radius 2 is 1.93 bits per heavy atom. The minimum absolute atomic E-state index is 0.0598. The summed E-state index contributed by atoms with van der Waals surface area (Å²) in [6, 6.07) is -0.343. The predicted octanol–water partition coefficient (Wildman–Crippen LogP) is -0.245. The molecule has 5 nitrogen and oxygen atoms in total. The second kappa shape index (κ2) is 7.23. The van der Waals surface area contributed by atoms with Crippen LogP contribution in [0.15, 0.2) is 0 Å². The fourth-order valence-electron chi connectivity index (χ4n) is 1.01. The van der Waals surface area contributed by atoms with Crippen molar-refractivity contribution in [1.82, 2.24) is 10.6 Å². The predicted molar refractivity (Wildman–Crippen MR) is 59.2 cm³/mol. The van der Waals surface area contributed by atoms with Crippen LogP contribution in [0.2, 0.25) is 0 Å². The van der Waals surface area contributed by atoms with Crippen LogP contribution in [0, 0.1) is 0 Å². The standard InChI is InChI=1S/C10H21N3O2/c1-4-8(11)10(15)12-6-5-9(14)13-7(2)3/h7-8H,4-6,11H2,1-3H3,(H,12,15)(H,13,14). The molecule has 0 heterocycles. The van der Waals surface area contributed by atoms with E-state index in [1.165, 1.54) is 0 Å². The molecule has 0 saturated heterocycles. The minimum atomic E-state index is -0.474. The molecule has 0 aromatic carbocycles. The molecule has 0 aliphatic rings. The first-order chi connectivity index (χ1) is 6.97. The van der Waals surface area contributed by atoms with Crippen LogP contribution >= 0.6 is 0 Å². The molecule has 88 valence electrons. The number of hydrogen-bond acceptors (Lipinski definition) is 3. The van der Waals surface area contributed by atoms with Crippen LogP contribution in [0.4, 0.5) is 0 Å². The summed E-state index contributed by atoms with van der Waals surface area (Å²) in [5.41, 5.74) is 5.50. The molecule has 0 radical (unpaired) electrons. The minimum Gasteiger partial charge on any atom is -0.354 e. The fourth-order valence-corrected chi connectivity index (χ4v) is 1.01. The third-order valence-corrected chi connectivity index (χ3v) is 1.88. The van der Waals surface area contributed by atoms with Gasteiger partial charge in [-0.3, -0.25) is 9.59 Å². The first-order valence-corrected chi connectivity index (χ1v) is 5.30. The Balaban J connectivity index is 3.61. The summed E-state index contributed by atoms with van der Waals surface area (Å²) in [5.74, 6) is -0.259. The quantitative estimate of drug-likeness (QED) is 0.571. The average molecular weight is 215 g/mol. The number of hydrogen-bond donors (Lipinski definition) is 3. The molecule has 0 aliphatic carbocycles. The zero-order chi connectivity index (χ0) is 11.8. The fraction of sp³-hybridized carbons (Fsp3) is 0.800. The maximum atomic E-state index is 11.2. The number of nitrogens with one attached hydrogen (secondary N) is 2. The molecule has 0 saturated carbocycles. The molecule has 0 aromatic heterocycles. The summed E-state index contributed by atoms with van der Waals surface area (Å²) in [6.07, 6.45) is 0.893. The highest BCUT2D eigenvalue weighted by Crippen LogP contribution is 1.87. The van der Waals surface area contributed by atoms with Gasteiger partial charge < -0.3 is 16.4 Å². The molecule has 0 rings (SSSR count). The normalized spacial score (nSPS) is 12.3. The van der Waals surface area contributed by atoms with Gasteiger partial charge in [-0.05, 0) is 20.3 Å². The third-order valence-electron chi connectivity index (χ3n) is 1.88. The SMILES string of the molecule is CCC(N)C(=O)NCCC(=O)NC(C)C. The molecule has 0 aliphatic heterocycles. The van der Waals surface area contributed by atoms with Crippen LogP contribution in [-0.4, -0.2) is 30.4 Å². The van der Waals surface area contributed by atoms with Crippen molar-refractivity contribution in [3.63, 3.8) is 0 Å². The van der Waals surface area contributed by atoms with Crippen molar-refractivity contribution in [1.29, 1.82) is 0 Å². The number of amides is 2. The zero-order valence-electron chi connectivity index (χ0n) is 9.67. The Labute approximate surface area is 90.8 Å². The summed E-state index contributed by atoms with van der Waals surface area (Å²) >= 11 is 0. The lowest BCUT2D eigenvalue weighted by Crippen LogP contribution is -2.41. The topological polar surface area (TPSA) is 84.2 Å². The molecule has 0 aromatic rings. The largest absolute Gasteiger partial charge is 0.354 e. The summed E-state index contributed by atoms with van der Waals surface area (Å²) in [4.78, 5) is 22.4. The Hall–Kier alpha value is -1.10. The molecule has 0 fully saturated rings. The Bertz CT molecular complexity index is 217. The van der Waals surface area contributed by atoms with Crippen molar-refractivity contribution in [2.24, 2.45) is 5.73 Å². The molecule has 0 bridgehead atoms. The highest BCUT2D eigenvalue weighted by molar-refractivity contribution is 5.82. The molecule has 4 N–H and O–H groups in total. The van der Waals surface area contributed by atoms with E-state index in [9.17, 15) is 9.59 Å². The van der Waals surface area contributed by atoms with Crippen molar-refractivity contribution < 1.29 is 9.59 Å². The maximum absolute atomic E-state index is 11.2. The van der Waals surface area contributed by atoms with Gasteiger partial charge in [0.05, 0.1) is 6.04 Å². The van der Waals surface area contributed by atoms with E-state index in [0.29, 0.717) is 19.4 Å². The summed E-state index contributed by atoms with van der Waals surface area (Å²) in [6.45, 7) is 5.97. The summed E-state index contributed by atoms with van der Waals surface area (Å²) in [5, 5.41) is 5.35. The van der Waals surface area contributed by atoms with Crippen molar-refractivity contribution in [3.8, 4) is 0 Å². The molecular formula is C10H21N3O2. The Morgan fingerprint density at radius 3 is 2.40 bits per heavy atom. The second-order valence-corrected chi connectivity index (χ2v) is 3.78. The maximum Gasteiger partial charge on any atom is 0.236 e. The lowest BCUT2D eigenvalue weighted by Gasteiger charge is -2.11. The van der Waals surface area contributed by atoms with E-state index in [2.05, 4.69) is 10.6 Å². The van der Waals surface area contributed by atoms with Gasteiger partial charge >= 0.3 is 0 Å². The second-order valence-electron chi connectivity index (χ2n) is 3.78. The Kier molecular flexibility index (Phi) is 6.70. The van der Waals surface area contributed by atoms with Crippen molar-refractivity contribution in [2.45, 2.75) is 45.7 Å². The van der Waals surface area contributed by atoms with Gasteiger partial charge in [-0.25, -0.2) is 0 Å². The van der Waals surface area contributed by atoms with Crippen LogP contribution in [0.5, 0.6) is 0 Å². The average Bonchev–Trinajstić information content (AvgIpc) is 2.15. The van der Waals surface area contributed by atoms with Gasteiger partial charge in [-0.2, -0.15) is 0 Å². The lowest BCUT2D eigenvalue weighted by atomic mass is 10.2. The first-order valence-electron chi connectivity index (χ1n) is 5.30. The van der Waals surface area contributed by atoms with E-state index in [1.54, 1.807) is 0 Å². The van der Waals surface area contributed by atoms with Crippen molar-refractivity contribution in [2.75, 3.05) is 6.54 Å². The number of rotatable bonds is 6. The van der Waals surface area contributed by atoms with Crippen LogP contribution in [0.3, 0.4) is 0 Å². The van der Waals surface area contributed by atoms with Crippen LogP contribution in [-0.2, 0) is 9.59 Å². The van der Waals surface area contributed by atoms with E-state index in [4.69, 9.17) is 5.73 Å². The number of nitrogens with two attached hydrogens (primary N) is 1. The molecule has 2 amide bonds. The van der Waals surface area contributed by atoms with Gasteiger partial charge in [0.2, 0.25) is 11.8 Å². The molecule has 15 heavy (non-hydrogen) atoms. The molecule has 1 unspecified atom stereocenters. The van der Waals surface area contributed by atoms with E-state index in [0.717, 1.165) is 0 Å². The molecular weight excluding hydrogens is 194 g/mol. The Morgan fingerprint density at radius 1 is 1.33 bits per heavy atom. The summed E-state index contributed by atoms with van der Waals surface area (Å²) in [7, 11) is 0. The monoisotopic (exact) mass is 215 g/mol. The van der Waals surface area contributed by atoms with Crippen LogP contribution in [0.25, 0.3) is 0 Å². The smallest absolute Gasteiger partial charge is 0.236 e. The van der Waals surface area contributed by atoms with Gasteiger partial charge in [-0.1, -0.05) is 6.92 Å². The number of carbonyl (C=O) groups excluding carboxylic acids is 2. The third kappa shape index (κ3) is 6.90. The van der Waals surface area contributed by atoms with Gasteiger partial charge in [0.15, 0.2) is 0 Å². The first kappa shape index (κ1) is 13.9. The van der Waals surface area contributed by atoms with Crippen LogP contribution in [0.1, 0.15) is 33.6 Å². The van der Waals surface area contributed by atoms with E-state index in [1.807, 2.05) is 20.8 Å². The van der Waals surface area contributed by atoms with E-state index in [-0.39, 0.29) is 17.9 Å². The zero-order valence-corrected chi connectivity index (χ0v) is 9.67. The van der Waals surface area contributed by atoms with E-state index >= 15 is 0 Å². The van der Waals surface area contributed by atoms with Crippen LogP contribution < -0.4 is 16.4 Å². The van der Waals surface area contributed by atoms with Gasteiger partial charge in [0, 0.05) is 19.0 Å². The van der Waals surface area contributed by atoms with E-state index < -0.39 is 6.04 Å². The van der Waals surface area contributed by atoms with Gasteiger partial charge in [0.25, 0.3) is 0 Å². The summed E-state index contributed by atoms with van der Waals surface area (Å²) < 4.78 is 0.